The van der Waals surface area contributed by atoms with Gasteiger partial charge in [0.2, 0.25) is 0 Å². The summed E-state index contributed by atoms with van der Waals surface area (Å²) in [6.07, 6.45) is -8.41. The van der Waals surface area contributed by atoms with Gasteiger partial charge in [0.25, 0.3) is 0 Å². The van der Waals surface area contributed by atoms with Gasteiger partial charge in [-0.25, -0.2) is 4.98 Å². The van der Waals surface area contributed by atoms with Gasteiger partial charge < -0.3 is 11.1 Å². The van der Waals surface area contributed by atoms with Crippen LogP contribution in [0.2, 0.25) is 0 Å². The lowest BCUT2D eigenvalue weighted by atomic mass is 10.1. The van der Waals surface area contributed by atoms with Crippen molar-refractivity contribution in [1.82, 2.24) is 4.98 Å². The van der Waals surface area contributed by atoms with Crippen molar-refractivity contribution in [2.45, 2.75) is 25.2 Å². The zero-order valence-corrected chi connectivity index (χ0v) is 12.4. The van der Waals surface area contributed by atoms with Gasteiger partial charge in [0.1, 0.15) is 5.69 Å². The number of para-hydroxylation sites is 1. The highest BCUT2D eigenvalue weighted by Crippen LogP contribution is 2.38. The Hall–Kier alpha value is -2.03. The molecule has 0 atom stereocenters. The minimum Gasteiger partial charge on any atom is -0.384 e. The van der Waals surface area contributed by atoms with E-state index in [1.165, 1.54) is 6.07 Å². The number of aromatic nitrogens is 1. The summed E-state index contributed by atoms with van der Waals surface area (Å²) in [7, 11) is 0. The number of anilines is 1. The maximum atomic E-state index is 13.1. The van der Waals surface area contributed by atoms with E-state index in [9.17, 15) is 26.3 Å². The number of hydrogen-bond donors (Lipinski definition) is 2. The Bertz CT molecular complexity index is 709. The van der Waals surface area contributed by atoms with Gasteiger partial charge in [-0.3, -0.25) is 0 Å². The minimum atomic E-state index is -4.85. The molecule has 9 heteroatoms. The van der Waals surface area contributed by atoms with Crippen LogP contribution in [0.15, 0.2) is 24.3 Å². The van der Waals surface area contributed by atoms with Crippen LogP contribution in [0, 0.1) is 0 Å². The number of nitrogens with two attached hydrogens (primary N) is 1. The van der Waals surface area contributed by atoms with E-state index in [1.807, 2.05) is 0 Å². The Morgan fingerprint density at radius 1 is 1.00 bits per heavy atom. The molecule has 1 aromatic heterocycles. The van der Waals surface area contributed by atoms with Crippen molar-refractivity contribution >= 4 is 16.6 Å². The molecule has 132 valence electrons. The molecule has 2 aromatic rings. The van der Waals surface area contributed by atoms with Gasteiger partial charge >= 0.3 is 12.4 Å². The molecule has 3 nitrogen and oxygen atoms in total. The molecule has 0 aliphatic heterocycles. The van der Waals surface area contributed by atoms with E-state index in [0.717, 1.165) is 12.1 Å². The molecule has 3 N–H and O–H groups in total. The first-order chi connectivity index (χ1) is 11.1. The third kappa shape index (κ3) is 4.08. The Labute approximate surface area is 133 Å². The summed E-state index contributed by atoms with van der Waals surface area (Å²) >= 11 is 0. The van der Waals surface area contributed by atoms with Crippen LogP contribution in [-0.4, -0.2) is 18.1 Å². The van der Waals surface area contributed by atoms with Gasteiger partial charge in [-0.2, -0.15) is 26.3 Å². The van der Waals surface area contributed by atoms with Crippen LogP contribution < -0.4 is 11.1 Å². The van der Waals surface area contributed by atoms with Crippen LogP contribution in [0.5, 0.6) is 0 Å². The number of nitrogens with zero attached hydrogens (tertiary/aromatic N) is 1. The number of alkyl halides is 6. The normalized spacial score (nSPS) is 12.6. The number of hydrogen-bond acceptors (Lipinski definition) is 3. The monoisotopic (exact) mass is 351 g/mol. The average Bonchev–Trinajstić information content (AvgIpc) is 2.48. The third-order valence-electron chi connectivity index (χ3n) is 3.38. The summed E-state index contributed by atoms with van der Waals surface area (Å²) in [5, 5.41) is 2.74. The molecule has 0 amide bonds. The summed E-state index contributed by atoms with van der Waals surface area (Å²) < 4.78 is 78.2. The maximum absolute atomic E-state index is 13.1. The number of benzene rings is 1. The first kappa shape index (κ1) is 18.3. The van der Waals surface area contributed by atoms with Crippen LogP contribution in [0.3, 0.4) is 0 Å². The van der Waals surface area contributed by atoms with E-state index >= 15 is 0 Å². The molecule has 0 saturated heterocycles. The topological polar surface area (TPSA) is 50.9 Å². The van der Waals surface area contributed by atoms with E-state index < -0.39 is 29.1 Å². The van der Waals surface area contributed by atoms with Crippen LogP contribution >= 0.6 is 0 Å². The molecule has 0 bridgehead atoms. The molecule has 0 saturated carbocycles. The fourth-order valence-corrected chi connectivity index (χ4v) is 2.26. The van der Waals surface area contributed by atoms with Crippen molar-refractivity contribution in [3.8, 4) is 0 Å². The molecule has 24 heavy (non-hydrogen) atoms. The summed E-state index contributed by atoms with van der Waals surface area (Å²) in [4.78, 5) is 3.21. The highest BCUT2D eigenvalue weighted by molar-refractivity contribution is 5.93. The van der Waals surface area contributed by atoms with Crippen molar-refractivity contribution in [2.24, 2.45) is 5.73 Å². The summed E-state index contributed by atoms with van der Waals surface area (Å²) in [5.74, 6) is 0. The van der Waals surface area contributed by atoms with Crippen molar-refractivity contribution in [1.29, 1.82) is 0 Å². The molecule has 0 aliphatic carbocycles. The van der Waals surface area contributed by atoms with Crippen LogP contribution in [0.4, 0.5) is 32.0 Å². The quantitative estimate of drug-likeness (QED) is 0.619. The molecular weight excluding hydrogens is 336 g/mol. The first-order valence-electron chi connectivity index (χ1n) is 7.16. The third-order valence-corrected chi connectivity index (χ3v) is 3.38. The Morgan fingerprint density at radius 2 is 1.71 bits per heavy atom. The molecule has 2 rings (SSSR count). The predicted molar refractivity (Wildman–Crippen MR) is 78.5 cm³/mol. The van der Waals surface area contributed by atoms with E-state index in [-0.39, 0.29) is 11.1 Å². The first-order valence-corrected chi connectivity index (χ1v) is 7.16. The standard InChI is InChI=1S/C15H15F6N3/c16-14(17,18)10-5-3-4-9-11(23-7-2-1-6-22)8-12(15(19,20)21)24-13(9)10/h3-5,8H,1-2,6-7,22H2,(H,23,24). The van der Waals surface area contributed by atoms with E-state index in [2.05, 4.69) is 10.3 Å². The SMILES string of the molecule is NCCCCNc1cc(C(F)(F)F)nc2c(C(F)(F)F)cccc12. The lowest BCUT2D eigenvalue weighted by Gasteiger charge is -2.16. The Kier molecular flexibility index (Phi) is 5.22. The van der Waals surface area contributed by atoms with Crippen molar-refractivity contribution < 1.29 is 26.3 Å². The lowest BCUT2D eigenvalue weighted by molar-refractivity contribution is -0.142. The van der Waals surface area contributed by atoms with Gasteiger partial charge in [0.05, 0.1) is 11.1 Å². The van der Waals surface area contributed by atoms with Crippen LogP contribution in [-0.2, 0) is 12.4 Å². The largest absolute Gasteiger partial charge is 0.433 e. The second-order valence-electron chi connectivity index (χ2n) is 5.17. The number of fused-ring (bicyclic) bond motifs is 1. The Balaban J connectivity index is 2.58. The second kappa shape index (κ2) is 6.84. The fraction of sp³-hybridized carbons (Fsp3) is 0.400. The van der Waals surface area contributed by atoms with Gasteiger partial charge in [0, 0.05) is 17.6 Å². The number of nitrogens with one attached hydrogen (secondary N) is 1. The van der Waals surface area contributed by atoms with Crippen LogP contribution in [0.1, 0.15) is 24.1 Å². The fourth-order valence-electron chi connectivity index (χ4n) is 2.26. The van der Waals surface area contributed by atoms with E-state index in [1.54, 1.807) is 0 Å². The zero-order valence-electron chi connectivity index (χ0n) is 12.4. The molecule has 0 radical (unpaired) electrons. The van der Waals surface area contributed by atoms with Gasteiger partial charge in [-0.05, 0) is 31.5 Å². The highest BCUT2D eigenvalue weighted by Gasteiger charge is 2.37. The number of rotatable bonds is 5. The maximum Gasteiger partial charge on any atom is 0.433 e. The minimum absolute atomic E-state index is 0.00873. The molecule has 0 aliphatic rings. The lowest BCUT2D eigenvalue weighted by Crippen LogP contribution is -2.13. The van der Waals surface area contributed by atoms with Gasteiger partial charge in [0.15, 0.2) is 0 Å². The molecular formula is C15H15F6N3. The Morgan fingerprint density at radius 3 is 2.29 bits per heavy atom. The van der Waals surface area contributed by atoms with Gasteiger partial charge in [-0.15, -0.1) is 0 Å². The zero-order chi connectivity index (χ0) is 18.0. The van der Waals surface area contributed by atoms with Crippen molar-refractivity contribution in [3.05, 3.63) is 35.5 Å². The number of unbranched alkanes of at least 4 members (excludes halogenated alkanes) is 1. The summed E-state index contributed by atoms with van der Waals surface area (Å²) in [6.45, 7) is 0.717. The summed E-state index contributed by atoms with van der Waals surface area (Å²) in [5.41, 5.74) is 2.02. The molecule has 0 unspecified atom stereocenters. The molecule has 0 fully saturated rings. The van der Waals surface area contributed by atoms with E-state index in [0.29, 0.717) is 32.0 Å². The van der Waals surface area contributed by atoms with Gasteiger partial charge in [-0.1, -0.05) is 12.1 Å². The molecule has 1 aromatic carbocycles. The summed E-state index contributed by atoms with van der Waals surface area (Å²) in [6, 6.07) is 3.90. The molecule has 1 heterocycles. The number of pyridine rings is 1. The predicted octanol–water partition coefficient (Wildman–Crippen LogP) is 4.42. The highest BCUT2D eigenvalue weighted by atomic mass is 19.4. The number of halogens is 6. The smallest absolute Gasteiger partial charge is 0.384 e. The average molecular weight is 351 g/mol. The van der Waals surface area contributed by atoms with Crippen molar-refractivity contribution in [3.63, 3.8) is 0 Å². The second-order valence-corrected chi connectivity index (χ2v) is 5.17. The van der Waals surface area contributed by atoms with E-state index in [4.69, 9.17) is 5.73 Å². The van der Waals surface area contributed by atoms with Crippen LogP contribution in [0.25, 0.3) is 10.9 Å². The van der Waals surface area contributed by atoms with Crippen molar-refractivity contribution in [2.75, 3.05) is 18.4 Å². The molecule has 0 spiro atoms.